The van der Waals surface area contributed by atoms with Crippen LogP contribution >= 0.6 is 11.3 Å². The summed E-state index contributed by atoms with van der Waals surface area (Å²) in [5, 5.41) is 4.25. The Morgan fingerprint density at radius 1 is 1.36 bits per heavy atom. The maximum atomic E-state index is 2.23. The summed E-state index contributed by atoms with van der Waals surface area (Å²) in [6.07, 6.45) is 4.41. The second-order valence-corrected chi connectivity index (χ2v) is 4.54. The van der Waals surface area contributed by atoms with Gasteiger partial charge < -0.3 is 0 Å². The lowest BCUT2D eigenvalue weighted by Gasteiger charge is -2.10. The first-order chi connectivity index (χ1) is 5.08. The Morgan fingerprint density at radius 2 is 2.09 bits per heavy atom. The van der Waals surface area contributed by atoms with Crippen LogP contribution in [0.15, 0.2) is 22.9 Å². The third-order valence-corrected chi connectivity index (χ3v) is 2.02. The van der Waals surface area contributed by atoms with E-state index < -0.39 is 0 Å². The van der Waals surface area contributed by atoms with Crippen molar-refractivity contribution in [3.63, 3.8) is 0 Å². The Balaban J connectivity index is 2.63. The lowest BCUT2D eigenvalue weighted by atomic mass is 9.96. The van der Waals surface area contributed by atoms with Crippen LogP contribution in [0.2, 0.25) is 0 Å². The Bertz CT molecular complexity index is 224. The maximum Gasteiger partial charge on any atom is -0.00209 e. The van der Waals surface area contributed by atoms with Gasteiger partial charge in [0.1, 0.15) is 0 Å². The van der Waals surface area contributed by atoms with Crippen molar-refractivity contribution >= 4 is 17.4 Å². The summed E-state index contributed by atoms with van der Waals surface area (Å²) in [4.78, 5) is 0. The molecular formula is C10H14S. The van der Waals surface area contributed by atoms with Gasteiger partial charge in [0.25, 0.3) is 0 Å². The predicted octanol–water partition coefficient (Wildman–Crippen LogP) is 3.81. The van der Waals surface area contributed by atoms with E-state index in [-0.39, 0.29) is 0 Å². The molecule has 0 unspecified atom stereocenters. The van der Waals surface area contributed by atoms with Gasteiger partial charge in [-0.15, -0.1) is 0 Å². The van der Waals surface area contributed by atoms with Gasteiger partial charge in [0, 0.05) is 0 Å². The number of allylic oxidation sites excluding steroid dienone is 1. The van der Waals surface area contributed by atoms with Gasteiger partial charge in [0.05, 0.1) is 0 Å². The van der Waals surface area contributed by atoms with E-state index in [0.29, 0.717) is 5.41 Å². The molecule has 0 atom stereocenters. The highest BCUT2D eigenvalue weighted by atomic mass is 32.1. The molecule has 0 aromatic carbocycles. The van der Waals surface area contributed by atoms with Crippen molar-refractivity contribution in [1.29, 1.82) is 0 Å². The Morgan fingerprint density at radius 3 is 2.55 bits per heavy atom. The van der Waals surface area contributed by atoms with Crippen LogP contribution < -0.4 is 0 Å². The van der Waals surface area contributed by atoms with Crippen molar-refractivity contribution in [2.24, 2.45) is 5.41 Å². The van der Waals surface area contributed by atoms with Crippen molar-refractivity contribution in [3.8, 4) is 0 Å². The van der Waals surface area contributed by atoms with Crippen LogP contribution in [0.4, 0.5) is 0 Å². The van der Waals surface area contributed by atoms with E-state index in [1.165, 1.54) is 5.56 Å². The summed E-state index contributed by atoms with van der Waals surface area (Å²) in [5.41, 5.74) is 1.60. The minimum atomic E-state index is 0.294. The molecule has 0 amide bonds. The van der Waals surface area contributed by atoms with Crippen LogP contribution in [-0.2, 0) is 0 Å². The van der Waals surface area contributed by atoms with Crippen molar-refractivity contribution in [2.75, 3.05) is 0 Å². The van der Waals surface area contributed by atoms with Gasteiger partial charge in [-0.05, 0) is 27.8 Å². The molecule has 0 aliphatic rings. The molecule has 0 spiro atoms. The normalized spacial score (nSPS) is 12.6. The highest BCUT2D eigenvalue weighted by Gasteiger charge is 2.02. The Labute approximate surface area is 72.6 Å². The van der Waals surface area contributed by atoms with E-state index in [1.807, 2.05) is 0 Å². The minimum Gasteiger partial charge on any atom is -0.152 e. The van der Waals surface area contributed by atoms with Gasteiger partial charge >= 0.3 is 0 Å². The molecule has 1 rings (SSSR count). The molecular weight excluding hydrogens is 152 g/mol. The molecule has 0 nitrogen and oxygen atoms in total. The van der Waals surface area contributed by atoms with Crippen LogP contribution in [0.25, 0.3) is 6.08 Å². The van der Waals surface area contributed by atoms with Crippen LogP contribution in [0, 0.1) is 5.41 Å². The van der Waals surface area contributed by atoms with Crippen molar-refractivity contribution < 1.29 is 0 Å². The average Bonchev–Trinajstić information content (AvgIpc) is 2.32. The molecule has 0 aliphatic carbocycles. The first kappa shape index (κ1) is 8.54. The molecule has 11 heavy (non-hydrogen) atoms. The topological polar surface area (TPSA) is 0 Å². The summed E-state index contributed by atoms with van der Waals surface area (Å²) in [7, 11) is 0. The lowest BCUT2D eigenvalue weighted by Crippen LogP contribution is -1.97. The van der Waals surface area contributed by atoms with E-state index in [4.69, 9.17) is 0 Å². The number of hydrogen-bond donors (Lipinski definition) is 0. The molecule has 0 aliphatic heterocycles. The number of thiophene rings is 1. The standard InChI is InChI=1S/C10H14S/c1-10(2,3)6-4-9-5-7-11-8-9/h4-8H,1-3H3/b6-4-. The monoisotopic (exact) mass is 166 g/mol. The Kier molecular flexibility index (Phi) is 2.50. The fourth-order valence-electron chi connectivity index (χ4n) is 0.716. The first-order valence-electron chi connectivity index (χ1n) is 3.79. The van der Waals surface area contributed by atoms with Crippen LogP contribution in [0.1, 0.15) is 26.3 Å². The Hall–Kier alpha value is -0.560. The van der Waals surface area contributed by atoms with Gasteiger partial charge in [-0.2, -0.15) is 11.3 Å². The summed E-state index contributed by atoms with van der Waals surface area (Å²) >= 11 is 1.74. The number of hydrogen-bond acceptors (Lipinski definition) is 1. The minimum absolute atomic E-state index is 0.294. The molecule has 0 saturated carbocycles. The van der Waals surface area contributed by atoms with E-state index in [2.05, 4.69) is 49.7 Å². The highest BCUT2D eigenvalue weighted by Crippen LogP contribution is 2.17. The molecule has 0 radical (unpaired) electrons. The summed E-state index contributed by atoms with van der Waals surface area (Å²) in [5.74, 6) is 0. The average molecular weight is 166 g/mol. The van der Waals surface area contributed by atoms with Gasteiger partial charge in [-0.25, -0.2) is 0 Å². The third kappa shape index (κ3) is 3.38. The van der Waals surface area contributed by atoms with E-state index in [0.717, 1.165) is 0 Å². The quantitative estimate of drug-likeness (QED) is 0.595. The van der Waals surface area contributed by atoms with E-state index in [9.17, 15) is 0 Å². The smallest absolute Gasteiger partial charge is 0.00209 e. The molecule has 0 saturated heterocycles. The van der Waals surface area contributed by atoms with Gasteiger partial charge in [-0.1, -0.05) is 32.9 Å². The molecule has 0 bridgehead atoms. The second kappa shape index (κ2) is 3.22. The zero-order valence-electron chi connectivity index (χ0n) is 7.29. The lowest BCUT2D eigenvalue weighted by molar-refractivity contribution is 0.547. The first-order valence-corrected chi connectivity index (χ1v) is 4.74. The van der Waals surface area contributed by atoms with Crippen molar-refractivity contribution in [3.05, 3.63) is 28.5 Å². The van der Waals surface area contributed by atoms with E-state index >= 15 is 0 Å². The molecule has 0 fully saturated rings. The molecule has 1 aromatic heterocycles. The van der Waals surface area contributed by atoms with Gasteiger partial charge in [0.2, 0.25) is 0 Å². The van der Waals surface area contributed by atoms with Crippen molar-refractivity contribution in [1.82, 2.24) is 0 Å². The highest BCUT2D eigenvalue weighted by molar-refractivity contribution is 7.08. The third-order valence-electron chi connectivity index (χ3n) is 1.32. The zero-order chi connectivity index (χ0) is 8.32. The molecule has 1 aromatic rings. The van der Waals surface area contributed by atoms with Crippen molar-refractivity contribution in [2.45, 2.75) is 20.8 Å². The maximum absolute atomic E-state index is 2.23. The molecule has 0 N–H and O–H groups in total. The van der Waals surface area contributed by atoms with Crippen LogP contribution in [0.5, 0.6) is 0 Å². The summed E-state index contributed by atoms with van der Waals surface area (Å²) in [6.45, 7) is 6.61. The zero-order valence-corrected chi connectivity index (χ0v) is 8.11. The summed E-state index contributed by atoms with van der Waals surface area (Å²) < 4.78 is 0. The number of rotatable bonds is 1. The largest absolute Gasteiger partial charge is 0.152 e. The SMILES string of the molecule is CC(C)(C)/C=C\c1ccsc1. The van der Waals surface area contributed by atoms with E-state index in [1.54, 1.807) is 11.3 Å². The fraction of sp³-hybridized carbons (Fsp3) is 0.400. The molecule has 60 valence electrons. The fourth-order valence-corrected chi connectivity index (χ4v) is 1.34. The van der Waals surface area contributed by atoms with Gasteiger partial charge in [-0.3, -0.25) is 0 Å². The predicted molar refractivity (Wildman–Crippen MR) is 52.8 cm³/mol. The van der Waals surface area contributed by atoms with Crippen LogP contribution in [0.3, 0.4) is 0 Å². The second-order valence-electron chi connectivity index (χ2n) is 3.76. The van der Waals surface area contributed by atoms with Gasteiger partial charge in [0.15, 0.2) is 0 Å². The summed E-state index contributed by atoms with van der Waals surface area (Å²) in [6, 6.07) is 2.13. The van der Waals surface area contributed by atoms with Crippen LogP contribution in [-0.4, -0.2) is 0 Å². The molecule has 1 heterocycles. The molecule has 1 heteroatoms.